The lowest BCUT2D eigenvalue weighted by atomic mass is 9.86. The first-order chi connectivity index (χ1) is 9.76. The number of rotatable bonds is 3. The van der Waals surface area contributed by atoms with E-state index in [0.29, 0.717) is 18.7 Å². The van der Waals surface area contributed by atoms with E-state index in [4.69, 9.17) is 4.74 Å². The lowest BCUT2D eigenvalue weighted by molar-refractivity contribution is -0.155. The van der Waals surface area contributed by atoms with E-state index < -0.39 is 17.2 Å². The Bertz CT molecular complexity index is 525. The van der Waals surface area contributed by atoms with Gasteiger partial charge in [0.2, 0.25) is 0 Å². The van der Waals surface area contributed by atoms with Crippen LogP contribution in [0.15, 0.2) is 18.2 Å². The van der Waals surface area contributed by atoms with E-state index >= 15 is 0 Å². The smallest absolute Gasteiger partial charge is 0.306 e. The van der Waals surface area contributed by atoms with Crippen LogP contribution in [0.25, 0.3) is 0 Å². The van der Waals surface area contributed by atoms with Crippen molar-refractivity contribution in [1.82, 2.24) is 5.32 Å². The molecule has 1 heterocycles. The number of carbonyl (C=O) groups excluding carboxylic acids is 1. The van der Waals surface area contributed by atoms with Gasteiger partial charge in [-0.1, -0.05) is 6.07 Å². The molecule has 1 saturated heterocycles. The van der Waals surface area contributed by atoms with Crippen molar-refractivity contribution in [3.63, 3.8) is 0 Å². The maximum atomic E-state index is 13.9. The molecule has 21 heavy (non-hydrogen) atoms. The quantitative estimate of drug-likeness (QED) is 0.872. The van der Waals surface area contributed by atoms with E-state index in [2.05, 4.69) is 5.32 Å². The minimum Gasteiger partial charge on any atom is -0.460 e. The van der Waals surface area contributed by atoms with Gasteiger partial charge in [-0.25, -0.2) is 8.78 Å². The normalized spacial score (nSPS) is 22.3. The van der Waals surface area contributed by atoms with Gasteiger partial charge in [-0.15, -0.1) is 0 Å². The first-order valence-electron chi connectivity index (χ1n) is 7.14. The van der Waals surface area contributed by atoms with Gasteiger partial charge in [-0.3, -0.25) is 4.79 Å². The first-order valence-corrected chi connectivity index (χ1v) is 7.14. The van der Waals surface area contributed by atoms with Crippen molar-refractivity contribution in [2.24, 2.45) is 5.92 Å². The second kappa shape index (κ2) is 6.10. The zero-order chi connectivity index (χ0) is 15.6. The third kappa shape index (κ3) is 4.24. The Morgan fingerprint density at radius 3 is 2.67 bits per heavy atom. The Labute approximate surface area is 123 Å². The highest BCUT2D eigenvalue weighted by molar-refractivity contribution is 5.70. The van der Waals surface area contributed by atoms with Crippen molar-refractivity contribution in [1.29, 1.82) is 0 Å². The van der Waals surface area contributed by atoms with E-state index in [1.54, 1.807) is 0 Å². The van der Waals surface area contributed by atoms with Crippen LogP contribution in [-0.2, 0) is 9.53 Å². The number of nitrogens with one attached hydrogen (secondary N) is 1. The minimum absolute atomic E-state index is 0.0418. The topological polar surface area (TPSA) is 38.3 Å². The number of halogens is 2. The van der Waals surface area contributed by atoms with E-state index in [-0.39, 0.29) is 24.2 Å². The molecule has 1 aromatic carbocycles. The van der Waals surface area contributed by atoms with Gasteiger partial charge in [0.25, 0.3) is 0 Å². The van der Waals surface area contributed by atoms with Gasteiger partial charge in [0, 0.05) is 18.5 Å². The fraction of sp³-hybridized carbons (Fsp3) is 0.562. The predicted octanol–water partition coefficient (Wildman–Crippen LogP) is 3.00. The highest BCUT2D eigenvalue weighted by Crippen LogP contribution is 2.32. The van der Waals surface area contributed by atoms with E-state index in [1.807, 2.05) is 20.8 Å². The van der Waals surface area contributed by atoms with Crippen molar-refractivity contribution >= 4 is 5.97 Å². The summed E-state index contributed by atoms with van der Waals surface area (Å²) in [5, 5.41) is 3.16. The number of esters is 1. The number of carbonyl (C=O) groups is 1. The highest BCUT2D eigenvalue weighted by Gasteiger charge is 2.33. The molecule has 0 bridgehead atoms. The summed E-state index contributed by atoms with van der Waals surface area (Å²) >= 11 is 0. The van der Waals surface area contributed by atoms with Gasteiger partial charge in [-0.2, -0.15) is 0 Å². The highest BCUT2D eigenvalue weighted by atomic mass is 19.1. The number of hydrogen-bond acceptors (Lipinski definition) is 3. The molecule has 1 aliphatic heterocycles. The largest absolute Gasteiger partial charge is 0.460 e. The van der Waals surface area contributed by atoms with Crippen LogP contribution in [-0.4, -0.2) is 24.7 Å². The van der Waals surface area contributed by atoms with Crippen LogP contribution in [0.3, 0.4) is 0 Å². The van der Waals surface area contributed by atoms with Gasteiger partial charge >= 0.3 is 5.97 Å². The molecule has 1 N–H and O–H groups in total. The average Bonchev–Trinajstić information content (AvgIpc) is 2.74. The SMILES string of the molecule is CC(C)(C)OC(=O)C[C@@H]1CNC[C@H]1c1ccc(F)cc1F. The number of benzene rings is 1. The third-order valence-corrected chi connectivity index (χ3v) is 3.55. The molecular weight excluding hydrogens is 276 g/mol. The van der Waals surface area contributed by atoms with Crippen LogP contribution in [0.1, 0.15) is 38.7 Å². The lowest BCUT2D eigenvalue weighted by Gasteiger charge is -2.23. The van der Waals surface area contributed by atoms with Crippen LogP contribution < -0.4 is 5.32 Å². The molecule has 0 unspecified atom stereocenters. The van der Waals surface area contributed by atoms with Gasteiger partial charge in [0.15, 0.2) is 0 Å². The Morgan fingerprint density at radius 1 is 1.33 bits per heavy atom. The molecular formula is C16H21F2NO2. The van der Waals surface area contributed by atoms with Crippen LogP contribution in [0.5, 0.6) is 0 Å². The van der Waals surface area contributed by atoms with Crippen LogP contribution in [0.4, 0.5) is 8.78 Å². The molecule has 0 aliphatic carbocycles. The summed E-state index contributed by atoms with van der Waals surface area (Å²) in [5.41, 5.74) is -0.0744. The Balaban J connectivity index is 2.08. The van der Waals surface area contributed by atoms with Gasteiger partial charge in [0.05, 0.1) is 6.42 Å². The van der Waals surface area contributed by atoms with E-state index in [0.717, 1.165) is 6.07 Å². The van der Waals surface area contributed by atoms with Gasteiger partial charge in [0.1, 0.15) is 17.2 Å². The molecule has 1 aromatic rings. The second-order valence-corrected chi connectivity index (χ2v) is 6.48. The van der Waals surface area contributed by atoms with Crippen LogP contribution in [0.2, 0.25) is 0 Å². The molecule has 0 amide bonds. The summed E-state index contributed by atoms with van der Waals surface area (Å²) in [7, 11) is 0. The lowest BCUT2D eigenvalue weighted by Crippen LogP contribution is -2.26. The second-order valence-electron chi connectivity index (χ2n) is 6.48. The molecule has 0 spiro atoms. The number of ether oxygens (including phenoxy) is 1. The molecule has 116 valence electrons. The molecule has 1 fully saturated rings. The fourth-order valence-electron chi connectivity index (χ4n) is 2.71. The molecule has 5 heteroatoms. The number of hydrogen-bond donors (Lipinski definition) is 1. The zero-order valence-corrected chi connectivity index (χ0v) is 12.6. The predicted molar refractivity (Wildman–Crippen MR) is 75.9 cm³/mol. The van der Waals surface area contributed by atoms with Crippen molar-refractivity contribution in [2.45, 2.75) is 38.7 Å². The maximum absolute atomic E-state index is 13.9. The van der Waals surface area contributed by atoms with Gasteiger partial charge in [-0.05, 0) is 44.9 Å². The minimum atomic E-state index is -0.592. The fourth-order valence-corrected chi connectivity index (χ4v) is 2.71. The summed E-state index contributed by atoms with van der Waals surface area (Å²) in [6.07, 6.45) is 0.228. The maximum Gasteiger partial charge on any atom is 0.306 e. The average molecular weight is 297 g/mol. The summed E-state index contributed by atoms with van der Waals surface area (Å²) in [6, 6.07) is 3.60. The summed E-state index contributed by atoms with van der Waals surface area (Å²) in [4.78, 5) is 11.9. The van der Waals surface area contributed by atoms with Gasteiger partial charge < -0.3 is 10.1 Å². The van der Waals surface area contributed by atoms with Crippen LogP contribution >= 0.6 is 0 Å². The first kappa shape index (κ1) is 15.9. The molecule has 3 nitrogen and oxygen atoms in total. The third-order valence-electron chi connectivity index (χ3n) is 3.55. The molecule has 0 radical (unpaired) electrons. The van der Waals surface area contributed by atoms with Crippen molar-refractivity contribution in [2.75, 3.05) is 13.1 Å². The molecule has 0 aromatic heterocycles. The molecule has 2 atom stereocenters. The summed E-state index contributed by atoms with van der Waals surface area (Å²) in [6.45, 7) is 6.65. The monoisotopic (exact) mass is 297 g/mol. The molecule has 2 rings (SSSR count). The summed E-state index contributed by atoms with van der Waals surface area (Å²) in [5.74, 6) is -1.62. The van der Waals surface area contributed by atoms with E-state index in [9.17, 15) is 13.6 Å². The Kier molecular flexibility index (Phi) is 4.61. The Hall–Kier alpha value is -1.49. The van der Waals surface area contributed by atoms with Crippen molar-refractivity contribution in [3.8, 4) is 0 Å². The van der Waals surface area contributed by atoms with Crippen LogP contribution in [0, 0.1) is 17.6 Å². The molecule has 1 aliphatic rings. The zero-order valence-electron chi connectivity index (χ0n) is 12.6. The van der Waals surface area contributed by atoms with Crippen molar-refractivity contribution in [3.05, 3.63) is 35.4 Å². The van der Waals surface area contributed by atoms with E-state index in [1.165, 1.54) is 12.1 Å². The van der Waals surface area contributed by atoms with Crippen molar-refractivity contribution < 1.29 is 18.3 Å². The Morgan fingerprint density at radius 2 is 2.05 bits per heavy atom. The summed E-state index contributed by atoms with van der Waals surface area (Å²) < 4.78 is 32.2. The molecule has 0 saturated carbocycles. The standard InChI is InChI=1S/C16H21F2NO2/c1-16(2,3)21-15(20)6-10-8-19-9-13(10)12-5-4-11(17)7-14(12)18/h4-5,7,10,13,19H,6,8-9H2,1-3H3/t10-,13-/m1/s1.